The first-order valence-corrected chi connectivity index (χ1v) is 9.41. The number of aromatic nitrogens is 1. The fourth-order valence-electron chi connectivity index (χ4n) is 3.34. The summed E-state index contributed by atoms with van der Waals surface area (Å²) in [6, 6.07) is 21.2. The number of carbonyl (C=O) groups excluding carboxylic acids is 2. The highest BCUT2D eigenvalue weighted by atomic mass is 35.5. The predicted octanol–water partition coefficient (Wildman–Crippen LogP) is 5.13. The van der Waals surface area contributed by atoms with Crippen molar-refractivity contribution >= 4 is 45.8 Å². The van der Waals surface area contributed by atoms with Crippen molar-refractivity contribution in [1.82, 2.24) is 4.57 Å². The quantitative estimate of drug-likeness (QED) is 0.498. The minimum atomic E-state index is -0.365. The number of anilines is 2. The summed E-state index contributed by atoms with van der Waals surface area (Å²) >= 11 is 5.93. The van der Waals surface area contributed by atoms with Crippen LogP contribution in [0.3, 0.4) is 0 Å². The molecule has 0 aliphatic carbocycles. The molecular weight excluding hydrogens is 386 g/mol. The highest BCUT2D eigenvalue weighted by Crippen LogP contribution is 2.30. The number of nitrogens with two attached hydrogens (primary N) is 1. The summed E-state index contributed by atoms with van der Waals surface area (Å²) in [4.78, 5) is 26.2. The van der Waals surface area contributed by atoms with Crippen LogP contribution in [0.15, 0.2) is 72.8 Å². The number of aryl methyl sites for hydroxylation is 1. The van der Waals surface area contributed by atoms with E-state index in [1.807, 2.05) is 37.3 Å². The SMILES string of the molecule is Cc1ccccc1NC(=O)c1c(N)n(C(=O)c2ccc(Cl)cc2)c2ccccc12. The summed E-state index contributed by atoms with van der Waals surface area (Å²) in [5.74, 6) is -0.599. The average Bonchev–Trinajstić information content (AvgIpc) is 3.01. The number of halogens is 1. The van der Waals surface area contributed by atoms with Crippen molar-refractivity contribution in [3.63, 3.8) is 0 Å². The second-order valence-corrected chi connectivity index (χ2v) is 7.13. The van der Waals surface area contributed by atoms with E-state index in [1.54, 1.807) is 42.5 Å². The van der Waals surface area contributed by atoms with Crippen molar-refractivity contribution in [3.8, 4) is 0 Å². The molecule has 0 unspecified atom stereocenters. The molecule has 0 saturated heterocycles. The lowest BCUT2D eigenvalue weighted by Gasteiger charge is -2.09. The van der Waals surface area contributed by atoms with Crippen LogP contribution in [0.25, 0.3) is 10.9 Å². The number of carbonyl (C=O) groups is 2. The summed E-state index contributed by atoms with van der Waals surface area (Å²) in [6.07, 6.45) is 0. The Morgan fingerprint density at radius 3 is 2.31 bits per heavy atom. The van der Waals surface area contributed by atoms with E-state index in [2.05, 4.69) is 5.32 Å². The van der Waals surface area contributed by atoms with Gasteiger partial charge in [0.1, 0.15) is 5.82 Å². The monoisotopic (exact) mass is 403 g/mol. The smallest absolute Gasteiger partial charge is 0.263 e. The fourth-order valence-corrected chi connectivity index (χ4v) is 3.46. The molecule has 3 N–H and O–H groups in total. The Balaban J connectivity index is 1.83. The van der Waals surface area contributed by atoms with Crippen molar-refractivity contribution in [2.45, 2.75) is 6.92 Å². The number of nitrogen functional groups attached to an aromatic ring is 1. The largest absolute Gasteiger partial charge is 0.384 e. The van der Waals surface area contributed by atoms with Crippen LogP contribution in [0.5, 0.6) is 0 Å². The molecule has 1 amide bonds. The maximum absolute atomic E-state index is 13.1. The van der Waals surface area contributed by atoms with E-state index in [0.717, 1.165) is 5.56 Å². The molecule has 1 aromatic heterocycles. The van der Waals surface area contributed by atoms with Crippen molar-refractivity contribution < 1.29 is 9.59 Å². The van der Waals surface area contributed by atoms with Crippen molar-refractivity contribution in [3.05, 3.63) is 94.5 Å². The number of fused-ring (bicyclic) bond motifs is 1. The van der Waals surface area contributed by atoms with E-state index in [4.69, 9.17) is 17.3 Å². The van der Waals surface area contributed by atoms with Gasteiger partial charge in [0.25, 0.3) is 11.8 Å². The number of nitrogens with one attached hydrogen (secondary N) is 1. The molecule has 0 radical (unpaired) electrons. The van der Waals surface area contributed by atoms with Gasteiger partial charge in [-0.05, 0) is 48.9 Å². The topological polar surface area (TPSA) is 77.1 Å². The number of amides is 1. The second-order valence-electron chi connectivity index (χ2n) is 6.69. The van der Waals surface area contributed by atoms with Crippen molar-refractivity contribution in [2.24, 2.45) is 0 Å². The van der Waals surface area contributed by atoms with E-state index in [9.17, 15) is 9.59 Å². The first-order valence-electron chi connectivity index (χ1n) is 9.03. The molecule has 0 fully saturated rings. The lowest BCUT2D eigenvalue weighted by Crippen LogP contribution is -2.18. The Labute approximate surface area is 172 Å². The molecule has 144 valence electrons. The second kappa shape index (κ2) is 7.45. The standard InChI is InChI=1S/C23H18ClN3O2/c1-14-6-2-4-8-18(14)26-22(28)20-17-7-3-5-9-19(17)27(21(20)25)23(29)15-10-12-16(24)13-11-15/h2-13H,25H2,1H3,(H,26,28). The summed E-state index contributed by atoms with van der Waals surface area (Å²) in [7, 11) is 0. The zero-order valence-corrected chi connectivity index (χ0v) is 16.4. The third kappa shape index (κ3) is 3.37. The Morgan fingerprint density at radius 2 is 1.59 bits per heavy atom. The van der Waals surface area contributed by atoms with Gasteiger partial charge in [-0.3, -0.25) is 14.2 Å². The maximum Gasteiger partial charge on any atom is 0.263 e. The van der Waals surface area contributed by atoms with Crippen LogP contribution in [0.4, 0.5) is 11.5 Å². The van der Waals surface area contributed by atoms with Gasteiger partial charge in [0.15, 0.2) is 0 Å². The Bertz CT molecular complexity index is 1240. The van der Waals surface area contributed by atoms with E-state index >= 15 is 0 Å². The van der Waals surface area contributed by atoms with Crippen molar-refractivity contribution in [2.75, 3.05) is 11.1 Å². The normalized spacial score (nSPS) is 10.8. The molecule has 0 aliphatic heterocycles. The molecule has 1 heterocycles. The Hall–Kier alpha value is -3.57. The van der Waals surface area contributed by atoms with E-state index in [0.29, 0.717) is 27.2 Å². The fraction of sp³-hybridized carbons (Fsp3) is 0.0435. The van der Waals surface area contributed by atoms with Crippen LogP contribution in [-0.2, 0) is 0 Å². The zero-order chi connectivity index (χ0) is 20.5. The summed E-state index contributed by atoms with van der Waals surface area (Å²) in [5.41, 5.74) is 9.22. The number of nitrogens with zero attached hydrogens (tertiary/aromatic N) is 1. The van der Waals surface area contributed by atoms with Gasteiger partial charge < -0.3 is 11.1 Å². The maximum atomic E-state index is 13.1. The molecule has 0 bridgehead atoms. The van der Waals surface area contributed by atoms with Gasteiger partial charge in [0.2, 0.25) is 0 Å². The zero-order valence-electron chi connectivity index (χ0n) is 15.6. The van der Waals surface area contributed by atoms with Gasteiger partial charge in [-0.1, -0.05) is 48.0 Å². The molecule has 3 aromatic carbocycles. The molecule has 4 rings (SSSR count). The highest BCUT2D eigenvalue weighted by molar-refractivity contribution is 6.30. The lowest BCUT2D eigenvalue weighted by molar-refractivity contribution is 0.0967. The van der Waals surface area contributed by atoms with Crippen LogP contribution in [0.2, 0.25) is 5.02 Å². The third-order valence-electron chi connectivity index (χ3n) is 4.83. The Kier molecular flexibility index (Phi) is 4.82. The lowest BCUT2D eigenvalue weighted by atomic mass is 10.1. The first kappa shape index (κ1) is 18.8. The van der Waals surface area contributed by atoms with Crippen LogP contribution in [0.1, 0.15) is 26.3 Å². The number of benzene rings is 3. The van der Waals surface area contributed by atoms with Crippen LogP contribution in [-0.4, -0.2) is 16.4 Å². The molecule has 0 aliphatic rings. The molecule has 5 nitrogen and oxygen atoms in total. The molecular formula is C23H18ClN3O2. The van der Waals surface area contributed by atoms with E-state index < -0.39 is 0 Å². The minimum Gasteiger partial charge on any atom is -0.384 e. The summed E-state index contributed by atoms with van der Waals surface area (Å²) < 4.78 is 1.37. The molecule has 0 saturated carbocycles. The number of para-hydroxylation sites is 2. The molecule has 4 aromatic rings. The summed E-state index contributed by atoms with van der Waals surface area (Å²) in [5, 5.41) is 4.04. The van der Waals surface area contributed by atoms with Gasteiger partial charge in [0.05, 0.1) is 11.1 Å². The van der Waals surface area contributed by atoms with Gasteiger partial charge in [-0.15, -0.1) is 0 Å². The molecule has 6 heteroatoms. The Morgan fingerprint density at radius 1 is 0.931 bits per heavy atom. The highest BCUT2D eigenvalue weighted by Gasteiger charge is 2.24. The minimum absolute atomic E-state index is 0.0947. The van der Waals surface area contributed by atoms with Gasteiger partial charge >= 0.3 is 0 Å². The third-order valence-corrected chi connectivity index (χ3v) is 5.08. The molecule has 0 spiro atoms. The van der Waals surface area contributed by atoms with Crippen molar-refractivity contribution in [1.29, 1.82) is 0 Å². The van der Waals surface area contributed by atoms with Gasteiger partial charge in [-0.2, -0.15) is 0 Å². The first-order chi connectivity index (χ1) is 14.0. The summed E-state index contributed by atoms with van der Waals surface area (Å²) in [6.45, 7) is 1.91. The average molecular weight is 404 g/mol. The van der Waals surface area contributed by atoms with Gasteiger partial charge in [0, 0.05) is 21.7 Å². The van der Waals surface area contributed by atoms with Crippen LogP contribution in [0, 0.1) is 6.92 Å². The number of hydrogen-bond donors (Lipinski definition) is 2. The van der Waals surface area contributed by atoms with Crippen LogP contribution >= 0.6 is 11.6 Å². The molecule has 29 heavy (non-hydrogen) atoms. The number of rotatable bonds is 3. The molecule has 0 atom stereocenters. The van der Waals surface area contributed by atoms with Gasteiger partial charge in [-0.25, -0.2) is 0 Å². The number of hydrogen-bond acceptors (Lipinski definition) is 3. The van der Waals surface area contributed by atoms with E-state index in [-0.39, 0.29) is 23.2 Å². The predicted molar refractivity (Wildman–Crippen MR) is 117 cm³/mol. The van der Waals surface area contributed by atoms with E-state index in [1.165, 1.54) is 4.57 Å². The van der Waals surface area contributed by atoms with Crippen LogP contribution < -0.4 is 11.1 Å².